The van der Waals surface area contributed by atoms with E-state index in [4.69, 9.17) is 5.73 Å². The Morgan fingerprint density at radius 1 is 1.30 bits per heavy atom. The topological polar surface area (TPSA) is 118 Å². The van der Waals surface area contributed by atoms with Gasteiger partial charge in [-0.1, -0.05) is 6.92 Å². The lowest BCUT2D eigenvalue weighted by Gasteiger charge is -2.13. The molecule has 2 amide bonds. The third-order valence-electron chi connectivity index (χ3n) is 2.81. The lowest BCUT2D eigenvalue weighted by Crippen LogP contribution is -2.43. The standard InChI is InChI=1S/C12H25N3O4S/c1-4-9(2)15-11(16)5-7-14-12(17)10(13)6-8-20(3,18)19/h9-10H,4-8,13H2,1-3H3,(H,14,17)(H,15,16). The highest BCUT2D eigenvalue weighted by molar-refractivity contribution is 7.90. The van der Waals surface area contributed by atoms with Crippen LogP contribution in [0.5, 0.6) is 0 Å². The first kappa shape index (κ1) is 18.9. The number of nitrogens with one attached hydrogen (secondary N) is 2. The van der Waals surface area contributed by atoms with Gasteiger partial charge in [0.15, 0.2) is 0 Å². The number of carbonyl (C=O) groups is 2. The number of nitrogens with two attached hydrogens (primary N) is 1. The van der Waals surface area contributed by atoms with Gasteiger partial charge >= 0.3 is 0 Å². The molecule has 0 heterocycles. The van der Waals surface area contributed by atoms with Crippen molar-refractivity contribution in [3.8, 4) is 0 Å². The van der Waals surface area contributed by atoms with Gasteiger partial charge in [0, 0.05) is 25.3 Å². The van der Waals surface area contributed by atoms with Crippen molar-refractivity contribution in [2.45, 2.75) is 45.2 Å². The van der Waals surface area contributed by atoms with Gasteiger partial charge in [0.05, 0.1) is 11.8 Å². The molecular weight excluding hydrogens is 282 g/mol. The van der Waals surface area contributed by atoms with E-state index in [1.165, 1.54) is 0 Å². The Morgan fingerprint density at radius 2 is 1.90 bits per heavy atom. The third-order valence-corrected chi connectivity index (χ3v) is 3.78. The molecule has 2 atom stereocenters. The molecule has 0 aromatic heterocycles. The van der Waals surface area contributed by atoms with Gasteiger partial charge in [0.25, 0.3) is 0 Å². The van der Waals surface area contributed by atoms with Gasteiger partial charge in [-0.3, -0.25) is 9.59 Å². The normalized spacial score (nSPS) is 14.4. The lowest BCUT2D eigenvalue weighted by atomic mass is 10.2. The third kappa shape index (κ3) is 9.74. The van der Waals surface area contributed by atoms with Gasteiger partial charge in [0.2, 0.25) is 11.8 Å². The lowest BCUT2D eigenvalue weighted by molar-refractivity contribution is -0.123. The highest BCUT2D eigenvalue weighted by atomic mass is 32.2. The predicted octanol–water partition coefficient (Wildman–Crippen LogP) is -0.831. The number of hydrogen-bond donors (Lipinski definition) is 3. The molecule has 0 aromatic carbocycles. The van der Waals surface area contributed by atoms with Crippen molar-refractivity contribution in [1.29, 1.82) is 0 Å². The van der Waals surface area contributed by atoms with Crippen LogP contribution in [0.15, 0.2) is 0 Å². The van der Waals surface area contributed by atoms with Crippen LogP contribution >= 0.6 is 0 Å². The first-order valence-corrected chi connectivity index (χ1v) is 8.72. The molecule has 0 radical (unpaired) electrons. The maximum atomic E-state index is 11.6. The summed E-state index contributed by atoms with van der Waals surface area (Å²) in [6, 6.07) is -0.766. The van der Waals surface area contributed by atoms with Crippen LogP contribution in [0.3, 0.4) is 0 Å². The zero-order valence-corrected chi connectivity index (χ0v) is 13.1. The van der Waals surface area contributed by atoms with Gasteiger partial charge in [0.1, 0.15) is 9.84 Å². The van der Waals surface area contributed by atoms with E-state index in [0.717, 1.165) is 12.7 Å². The Hall–Kier alpha value is -1.15. The largest absolute Gasteiger partial charge is 0.354 e. The number of amides is 2. The molecule has 0 aliphatic rings. The summed E-state index contributed by atoms with van der Waals surface area (Å²) in [6.45, 7) is 4.05. The molecule has 0 spiro atoms. The van der Waals surface area contributed by atoms with E-state index in [2.05, 4.69) is 10.6 Å². The van der Waals surface area contributed by atoms with Crippen LogP contribution in [0, 0.1) is 0 Å². The fourth-order valence-corrected chi connectivity index (χ4v) is 2.03. The Morgan fingerprint density at radius 3 is 2.40 bits per heavy atom. The molecule has 0 aromatic rings. The molecule has 7 nitrogen and oxygen atoms in total. The van der Waals surface area contributed by atoms with Crippen LogP contribution in [0.25, 0.3) is 0 Å². The van der Waals surface area contributed by atoms with Gasteiger partial charge in [-0.05, 0) is 19.8 Å². The molecule has 0 aliphatic heterocycles. The van der Waals surface area contributed by atoms with E-state index in [1.54, 1.807) is 0 Å². The van der Waals surface area contributed by atoms with Crippen molar-refractivity contribution >= 4 is 21.7 Å². The quantitative estimate of drug-likeness (QED) is 0.514. The molecular formula is C12H25N3O4S. The van der Waals surface area contributed by atoms with E-state index in [1.807, 2.05) is 13.8 Å². The van der Waals surface area contributed by atoms with Gasteiger partial charge in [-0.25, -0.2) is 8.42 Å². The van der Waals surface area contributed by atoms with Crippen LogP contribution in [0.1, 0.15) is 33.1 Å². The average molecular weight is 307 g/mol. The van der Waals surface area contributed by atoms with Gasteiger partial charge in [-0.15, -0.1) is 0 Å². The van der Waals surface area contributed by atoms with Crippen LogP contribution in [-0.4, -0.2) is 50.9 Å². The minimum atomic E-state index is -3.13. The molecule has 0 saturated heterocycles. The van der Waals surface area contributed by atoms with Crippen molar-refractivity contribution in [3.63, 3.8) is 0 Å². The minimum absolute atomic E-state index is 0.0731. The van der Waals surface area contributed by atoms with Gasteiger partial charge < -0.3 is 16.4 Å². The van der Waals surface area contributed by atoms with Crippen LogP contribution in [0.4, 0.5) is 0 Å². The number of sulfone groups is 1. The maximum Gasteiger partial charge on any atom is 0.236 e. The van der Waals surface area contributed by atoms with E-state index >= 15 is 0 Å². The summed E-state index contributed by atoms with van der Waals surface area (Å²) in [5.41, 5.74) is 5.57. The van der Waals surface area contributed by atoms with Crippen molar-refractivity contribution in [3.05, 3.63) is 0 Å². The Balaban J connectivity index is 3.90. The zero-order chi connectivity index (χ0) is 15.8. The molecule has 2 unspecified atom stereocenters. The van der Waals surface area contributed by atoms with E-state index in [0.29, 0.717) is 0 Å². The van der Waals surface area contributed by atoms with Gasteiger partial charge in [-0.2, -0.15) is 0 Å². The molecule has 0 rings (SSSR count). The average Bonchev–Trinajstić information content (AvgIpc) is 2.34. The fourth-order valence-electron chi connectivity index (χ4n) is 1.35. The molecule has 20 heavy (non-hydrogen) atoms. The van der Waals surface area contributed by atoms with E-state index < -0.39 is 21.8 Å². The first-order valence-electron chi connectivity index (χ1n) is 6.66. The summed E-state index contributed by atoms with van der Waals surface area (Å²) in [4.78, 5) is 23.0. The molecule has 0 fully saturated rings. The minimum Gasteiger partial charge on any atom is -0.354 e. The highest BCUT2D eigenvalue weighted by Gasteiger charge is 2.16. The second-order valence-corrected chi connectivity index (χ2v) is 7.20. The number of carbonyl (C=O) groups excluding carboxylic acids is 2. The summed E-state index contributed by atoms with van der Waals surface area (Å²) in [5.74, 6) is -0.704. The van der Waals surface area contributed by atoms with Crippen molar-refractivity contribution in [2.75, 3.05) is 18.6 Å². The predicted molar refractivity (Wildman–Crippen MR) is 77.8 cm³/mol. The monoisotopic (exact) mass is 307 g/mol. The molecule has 8 heteroatoms. The van der Waals surface area contributed by atoms with Crippen LogP contribution in [0.2, 0.25) is 0 Å². The van der Waals surface area contributed by atoms with Crippen LogP contribution < -0.4 is 16.4 Å². The zero-order valence-electron chi connectivity index (χ0n) is 12.3. The van der Waals surface area contributed by atoms with Crippen molar-refractivity contribution < 1.29 is 18.0 Å². The summed E-state index contributed by atoms with van der Waals surface area (Å²) < 4.78 is 21.9. The molecule has 0 saturated carbocycles. The smallest absolute Gasteiger partial charge is 0.236 e. The Bertz CT molecular complexity index is 422. The first-order chi connectivity index (χ1) is 9.15. The summed E-state index contributed by atoms with van der Waals surface area (Å²) in [5, 5.41) is 5.30. The Kier molecular flexibility index (Phi) is 8.40. The highest BCUT2D eigenvalue weighted by Crippen LogP contribution is 1.94. The second kappa shape index (κ2) is 8.91. The van der Waals surface area contributed by atoms with E-state index in [-0.39, 0.29) is 37.1 Å². The molecule has 0 aliphatic carbocycles. The molecule has 4 N–H and O–H groups in total. The Labute approximate surface area is 120 Å². The number of hydrogen-bond acceptors (Lipinski definition) is 5. The maximum absolute atomic E-state index is 11.6. The molecule has 0 bridgehead atoms. The number of rotatable bonds is 9. The van der Waals surface area contributed by atoms with Crippen molar-refractivity contribution in [2.24, 2.45) is 5.73 Å². The fraction of sp³-hybridized carbons (Fsp3) is 0.833. The second-order valence-electron chi connectivity index (χ2n) is 4.94. The summed E-state index contributed by atoms with van der Waals surface area (Å²) in [7, 11) is -3.13. The molecule has 118 valence electrons. The van der Waals surface area contributed by atoms with Crippen LogP contribution in [-0.2, 0) is 19.4 Å². The SMILES string of the molecule is CCC(C)NC(=O)CCNC(=O)C(N)CCS(C)(=O)=O. The summed E-state index contributed by atoms with van der Waals surface area (Å²) in [6.07, 6.45) is 2.18. The summed E-state index contributed by atoms with van der Waals surface area (Å²) >= 11 is 0. The van der Waals surface area contributed by atoms with Crippen molar-refractivity contribution in [1.82, 2.24) is 10.6 Å². The van der Waals surface area contributed by atoms with E-state index in [9.17, 15) is 18.0 Å².